The highest BCUT2D eigenvalue weighted by Gasteiger charge is 2.12. The van der Waals surface area contributed by atoms with Crippen LogP contribution < -0.4 is 5.73 Å². The molecule has 15 heavy (non-hydrogen) atoms. The summed E-state index contributed by atoms with van der Waals surface area (Å²) in [6.45, 7) is -0.794. The van der Waals surface area contributed by atoms with Crippen LogP contribution in [0.5, 0.6) is 0 Å². The Morgan fingerprint density at radius 3 is 3.07 bits per heavy atom. The van der Waals surface area contributed by atoms with E-state index in [2.05, 4.69) is 15.1 Å². The van der Waals surface area contributed by atoms with Crippen molar-refractivity contribution in [1.82, 2.24) is 19.6 Å². The lowest BCUT2D eigenvalue weighted by Gasteiger charge is -2.03. The Morgan fingerprint density at radius 1 is 1.53 bits per heavy atom. The van der Waals surface area contributed by atoms with Crippen molar-refractivity contribution in [3.05, 3.63) is 18.1 Å². The maximum absolute atomic E-state index is 12.1. The van der Waals surface area contributed by atoms with Crippen LogP contribution in [0.3, 0.4) is 0 Å². The van der Waals surface area contributed by atoms with Gasteiger partial charge in [0.05, 0.1) is 12.3 Å². The SMILES string of the molecule is Nc1ncnc2c(CC(O)CF)cnn12. The standard InChI is InChI=1S/C8H10FN5O/c9-2-6(15)1-5-3-13-14-7(5)11-4-12-8(14)10/h3-4,6,15H,1-2H2,(H2,10,11,12). The van der Waals surface area contributed by atoms with E-state index in [-0.39, 0.29) is 12.4 Å². The second kappa shape index (κ2) is 3.77. The van der Waals surface area contributed by atoms with Crippen LogP contribution in [-0.4, -0.2) is 37.5 Å². The average Bonchev–Trinajstić information content (AvgIpc) is 2.63. The number of aromatic nitrogens is 4. The lowest BCUT2D eigenvalue weighted by Crippen LogP contribution is -2.12. The maximum atomic E-state index is 12.1. The number of nitrogen functional groups attached to an aromatic ring is 1. The molecule has 1 atom stereocenters. The lowest BCUT2D eigenvalue weighted by atomic mass is 10.1. The molecule has 0 amide bonds. The van der Waals surface area contributed by atoms with E-state index in [1.54, 1.807) is 0 Å². The van der Waals surface area contributed by atoms with Gasteiger partial charge in [0, 0.05) is 12.0 Å². The average molecular weight is 211 g/mol. The van der Waals surface area contributed by atoms with Crippen molar-refractivity contribution in [1.29, 1.82) is 0 Å². The first-order chi connectivity index (χ1) is 7.22. The molecule has 2 heterocycles. The van der Waals surface area contributed by atoms with E-state index >= 15 is 0 Å². The van der Waals surface area contributed by atoms with Crippen molar-refractivity contribution in [2.45, 2.75) is 12.5 Å². The number of hydrogen-bond acceptors (Lipinski definition) is 5. The van der Waals surface area contributed by atoms with E-state index in [9.17, 15) is 9.50 Å². The van der Waals surface area contributed by atoms with Gasteiger partial charge in [-0.05, 0) is 0 Å². The van der Waals surface area contributed by atoms with E-state index in [0.29, 0.717) is 11.2 Å². The zero-order valence-electron chi connectivity index (χ0n) is 7.84. The maximum Gasteiger partial charge on any atom is 0.224 e. The van der Waals surface area contributed by atoms with Gasteiger partial charge < -0.3 is 10.8 Å². The van der Waals surface area contributed by atoms with Crippen LogP contribution in [0.4, 0.5) is 10.3 Å². The van der Waals surface area contributed by atoms with Gasteiger partial charge in [0.1, 0.15) is 13.0 Å². The summed E-state index contributed by atoms with van der Waals surface area (Å²) in [6, 6.07) is 0. The van der Waals surface area contributed by atoms with Crippen molar-refractivity contribution in [2.24, 2.45) is 0 Å². The second-order valence-electron chi connectivity index (χ2n) is 3.15. The third kappa shape index (κ3) is 1.73. The molecule has 2 aromatic rings. The lowest BCUT2D eigenvalue weighted by molar-refractivity contribution is 0.140. The number of alkyl halides is 1. The third-order valence-corrected chi connectivity index (χ3v) is 2.04. The van der Waals surface area contributed by atoms with Crippen molar-refractivity contribution in [3.63, 3.8) is 0 Å². The monoisotopic (exact) mass is 211 g/mol. The summed E-state index contributed by atoms with van der Waals surface area (Å²) in [4.78, 5) is 7.72. The molecule has 2 rings (SSSR count). The topological polar surface area (TPSA) is 89.3 Å². The highest BCUT2D eigenvalue weighted by atomic mass is 19.1. The first-order valence-electron chi connectivity index (χ1n) is 4.39. The number of rotatable bonds is 3. The molecule has 0 saturated carbocycles. The summed E-state index contributed by atoms with van der Waals surface area (Å²) in [7, 11) is 0. The molecule has 0 saturated heterocycles. The normalized spacial score (nSPS) is 13.2. The van der Waals surface area contributed by atoms with Gasteiger partial charge in [0.15, 0.2) is 5.65 Å². The zero-order valence-corrected chi connectivity index (χ0v) is 7.84. The number of nitrogens with zero attached hydrogens (tertiary/aromatic N) is 4. The summed E-state index contributed by atoms with van der Waals surface area (Å²) >= 11 is 0. The Kier molecular flexibility index (Phi) is 2.46. The number of aliphatic hydroxyl groups is 1. The van der Waals surface area contributed by atoms with Gasteiger partial charge in [-0.2, -0.15) is 9.61 Å². The quantitative estimate of drug-likeness (QED) is 0.719. The molecule has 0 fully saturated rings. The predicted octanol–water partition coefficient (Wildman–Crippen LogP) is -0.421. The molecule has 3 N–H and O–H groups in total. The summed E-state index contributed by atoms with van der Waals surface area (Å²) in [5.74, 6) is 0.209. The van der Waals surface area contributed by atoms with Crippen LogP contribution in [0.25, 0.3) is 5.65 Å². The molecule has 0 aliphatic heterocycles. The molecule has 0 spiro atoms. The minimum absolute atomic E-state index is 0.163. The number of anilines is 1. The molecular weight excluding hydrogens is 201 g/mol. The Morgan fingerprint density at radius 2 is 2.33 bits per heavy atom. The van der Waals surface area contributed by atoms with Gasteiger partial charge >= 0.3 is 0 Å². The summed E-state index contributed by atoms with van der Waals surface area (Å²) in [5.41, 5.74) is 6.69. The summed E-state index contributed by atoms with van der Waals surface area (Å²) < 4.78 is 13.5. The molecule has 0 radical (unpaired) electrons. The van der Waals surface area contributed by atoms with Crippen LogP contribution in [-0.2, 0) is 6.42 Å². The summed E-state index contributed by atoms with van der Waals surface area (Å²) in [6.07, 6.45) is 1.93. The van der Waals surface area contributed by atoms with Gasteiger partial charge in [-0.1, -0.05) is 0 Å². The largest absolute Gasteiger partial charge is 0.390 e. The number of fused-ring (bicyclic) bond motifs is 1. The smallest absolute Gasteiger partial charge is 0.224 e. The minimum atomic E-state index is -1.03. The molecule has 80 valence electrons. The Bertz CT molecular complexity index is 471. The first kappa shape index (κ1) is 9.78. The van der Waals surface area contributed by atoms with Crippen LogP contribution >= 0.6 is 0 Å². The number of nitrogens with two attached hydrogens (primary N) is 1. The fourth-order valence-electron chi connectivity index (χ4n) is 1.33. The molecular formula is C8H10FN5O. The zero-order chi connectivity index (χ0) is 10.8. The van der Waals surface area contributed by atoms with Crippen LogP contribution in [0, 0.1) is 0 Å². The van der Waals surface area contributed by atoms with Gasteiger partial charge in [0.2, 0.25) is 5.95 Å². The van der Waals surface area contributed by atoms with E-state index in [0.717, 1.165) is 0 Å². The van der Waals surface area contributed by atoms with E-state index < -0.39 is 12.8 Å². The highest BCUT2D eigenvalue weighted by molar-refractivity contribution is 5.49. The Hall–Kier alpha value is -1.76. The third-order valence-electron chi connectivity index (χ3n) is 2.04. The first-order valence-corrected chi connectivity index (χ1v) is 4.39. The van der Waals surface area contributed by atoms with Crippen LogP contribution in [0.15, 0.2) is 12.5 Å². The second-order valence-corrected chi connectivity index (χ2v) is 3.15. The Balaban J connectivity index is 2.41. The molecule has 0 aliphatic carbocycles. The van der Waals surface area contributed by atoms with Crippen molar-refractivity contribution in [2.75, 3.05) is 12.4 Å². The Labute approximate surface area is 84.6 Å². The van der Waals surface area contributed by atoms with Gasteiger partial charge in [-0.15, -0.1) is 0 Å². The molecule has 0 bridgehead atoms. The van der Waals surface area contributed by atoms with E-state index in [1.165, 1.54) is 17.0 Å². The van der Waals surface area contributed by atoms with E-state index in [1.807, 2.05) is 0 Å². The van der Waals surface area contributed by atoms with Gasteiger partial charge in [-0.3, -0.25) is 0 Å². The minimum Gasteiger partial charge on any atom is -0.390 e. The summed E-state index contributed by atoms with van der Waals surface area (Å²) in [5, 5.41) is 13.1. The number of halogens is 1. The highest BCUT2D eigenvalue weighted by Crippen LogP contribution is 2.11. The molecule has 7 heteroatoms. The van der Waals surface area contributed by atoms with Gasteiger partial charge in [-0.25, -0.2) is 14.4 Å². The molecule has 0 aromatic carbocycles. The van der Waals surface area contributed by atoms with Crippen LogP contribution in [0.2, 0.25) is 0 Å². The number of hydrogen-bond donors (Lipinski definition) is 2. The fourth-order valence-corrected chi connectivity index (χ4v) is 1.33. The van der Waals surface area contributed by atoms with Crippen LogP contribution in [0.1, 0.15) is 5.56 Å². The molecule has 0 aliphatic rings. The number of aliphatic hydroxyl groups excluding tert-OH is 1. The molecule has 1 unspecified atom stereocenters. The fraction of sp³-hybridized carbons (Fsp3) is 0.375. The molecule has 2 aromatic heterocycles. The van der Waals surface area contributed by atoms with Crippen molar-refractivity contribution >= 4 is 11.6 Å². The molecule has 6 nitrogen and oxygen atoms in total. The van der Waals surface area contributed by atoms with Crippen molar-refractivity contribution in [3.8, 4) is 0 Å². The predicted molar refractivity (Wildman–Crippen MR) is 50.9 cm³/mol. The van der Waals surface area contributed by atoms with E-state index in [4.69, 9.17) is 5.73 Å². The van der Waals surface area contributed by atoms with Crippen molar-refractivity contribution < 1.29 is 9.50 Å². The van der Waals surface area contributed by atoms with Gasteiger partial charge in [0.25, 0.3) is 0 Å².